The number of aromatic hydroxyl groups is 1. The Hall–Kier alpha value is -2.16. The summed E-state index contributed by atoms with van der Waals surface area (Å²) in [5, 5.41) is 13.4. The van der Waals surface area contributed by atoms with Gasteiger partial charge < -0.3 is 15.2 Å². The van der Waals surface area contributed by atoms with Crippen LogP contribution in [0, 0.1) is 5.92 Å². The van der Waals surface area contributed by atoms with Crippen LogP contribution in [0.3, 0.4) is 0 Å². The summed E-state index contributed by atoms with van der Waals surface area (Å²) < 4.78 is 5.08. The van der Waals surface area contributed by atoms with Crippen LogP contribution in [0.1, 0.15) is 31.9 Å². The van der Waals surface area contributed by atoms with Crippen LogP contribution in [-0.2, 0) is 0 Å². The van der Waals surface area contributed by atoms with Gasteiger partial charge in [-0.15, -0.1) is 0 Å². The highest BCUT2D eigenvalue weighted by Gasteiger charge is 2.14. The van der Waals surface area contributed by atoms with E-state index in [1.54, 1.807) is 19.2 Å². The predicted molar refractivity (Wildman–Crippen MR) is 86.9 cm³/mol. The number of hydrogen-bond acceptors (Lipinski definition) is 3. The molecule has 2 N–H and O–H groups in total. The summed E-state index contributed by atoms with van der Waals surface area (Å²) >= 11 is 0. The fourth-order valence-corrected chi connectivity index (χ4v) is 2.42. The van der Waals surface area contributed by atoms with E-state index in [-0.39, 0.29) is 11.8 Å². The van der Waals surface area contributed by atoms with E-state index in [4.69, 9.17) is 4.74 Å². The largest absolute Gasteiger partial charge is 0.504 e. The Morgan fingerprint density at radius 1 is 1.10 bits per heavy atom. The Bertz CT molecular complexity index is 567. The molecule has 0 aliphatic carbocycles. The molecule has 0 aromatic heterocycles. The van der Waals surface area contributed by atoms with Crippen molar-refractivity contribution in [3.05, 3.63) is 54.1 Å². The predicted octanol–water partition coefficient (Wildman–Crippen LogP) is 4.60. The zero-order chi connectivity index (χ0) is 15.2. The van der Waals surface area contributed by atoms with Gasteiger partial charge in [-0.3, -0.25) is 0 Å². The highest BCUT2D eigenvalue weighted by molar-refractivity contribution is 5.55. The van der Waals surface area contributed by atoms with E-state index < -0.39 is 0 Å². The maximum absolute atomic E-state index is 9.89. The highest BCUT2D eigenvalue weighted by atomic mass is 16.5. The molecule has 0 aliphatic rings. The Balaban J connectivity index is 2.21. The van der Waals surface area contributed by atoms with E-state index in [1.165, 1.54) is 5.56 Å². The number of hydrogen-bond donors (Lipinski definition) is 2. The van der Waals surface area contributed by atoms with Crippen molar-refractivity contribution < 1.29 is 9.84 Å². The smallest absolute Gasteiger partial charge is 0.160 e. The van der Waals surface area contributed by atoms with Crippen molar-refractivity contribution in [2.75, 3.05) is 12.4 Å². The molecule has 0 spiro atoms. The second-order valence-corrected chi connectivity index (χ2v) is 5.62. The molecule has 0 fully saturated rings. The molecule has 3 heteroatoms. The second-order valence-electron chi connectivity index (χ2n) is 5.62. The number of anilines is 1. The molecule has 2 aromatic rings. The average molecular weight is 285 g/mol. The normalized spacial score (nSPS) is 12.2. The molecule has 0 amide bonds. The van der Waals surface area contributed by atoms with Gasteiger partial charge in [-0.25, -0.2) is 0 Å². The van der Waals surface area contributed by atoms with Crippen LogP contribution >= 0.6 is 0 Å². The van der Waals surface area contributed by atoms with Gasteiger partial charge >= 0.3 is 0 Å². The third-order valence-corrected chi connectivity index (χ3v) is 3.43. The molecule has 0 saturated heterocycles. The van der Waals surface area contributed by atoms with Crippen molar-refractivity contribution in [3.8, 4) is 11.5 Å². The van der Waals surface area contributed by atoms with Gasteiger partial charge in [0.1, 0.15) is 0 Å². The monoisotopic (exact) mass is 285 g/mol. The van der Waals surface area contributed by atoms with E-state index in [9.17, 15) is 5.11 Å². The first kappa shape index (κ1) is 15.2. The SMILES string of the molecule is COc1ccc(NC(CC(C)C)c2ccccc2)cc1O. The quantitative estimate of drug-likeness (QED) is 0.815. The molecule has 0 aliphatic heterocycles. The zero-order valence-electron chi connectivity index (χ0n) is 12.8. The van der Waals surface area contributed by atoms with Gasteiger partial charge in [0, 0.05) is 11.8 Å². The summed E-state index contributed by atoms with van der Waals surface area (Å²) in [4.78, 5) is 0. The first-order valence-corrected chi connectivity index (χ1v) is 7.28. The number of rotatable bonds is 6. The molecule has 2 aromatic carbocycles. The first-order chi connectivity index (χ1) is 10.1. The summed E-state index contributed by atoms with van der Waals surface area (Å²) in [5.74, 6) is 1.22. The van der Waals surface area contributed by atoms with Crippen molar-refractivity contribution in [3.63, 3.8) is 0 Å². The van der Waals surface area contributed by atoms with Gasteiger partial charge in [-0.1, -0.05) is 44.2 Å². The number of methoxy groups -OCH3 is 1. The lowest BCUT2D eigenvalue weighted by Gasteiger charge is -2.22. The molecule has 3 nitrogen and oxygen atoms in total. The summed E-state index contributed by atoms with van der Waals surface area (Å²) in [7, 11) is 1.55. The Morgan fingerprint density at radius 2 is 1.81 bits per heavy atom. The van der Waals surface area contributed by atoms with Gasteiger partial charge in [0.05, 0.1) is 13.2 Å². The Kier molecular flexibility index (Phi) is 5.09. The highest BCUT2D eigenvalue weighted by Crippen LogP contribution is 2.32. The molecule has 21 heavy (non-hydrogen) atoms. The van der Waals surface area contributed by atoms with Crippen molar-refractivity contribution in [1.82, 2.24) is 0 Å². The molecule has 0 heterocycles. The van der Waals surface area contributed by atoms with Crippen LogP contribution < -0.4 is 10.1 Å². The molecule has 2 rings (SSSR count). The number of phenolic OH excluding ortho intramolecular Hbond substituents is 1. The lowest BCUT2D eigenvalue weighted by Crippen LogP contribution is -2.13. The second kappa shape index (κ2) is 7.02. The van der Waals surface area contributed by atoms with Crippen LogP contribution in [0.2, 0.25) is 0 Å². The number of ether oxygens (including phenoxy) is 1. The van der Waals surface area contributed by atoms with Crippen LogP contribution in [0.5, 0.6) is 11.5 Å². The molecule has 0 saturated carbocycles. The van der Waals surface area contributed by atoms with E-state index in [0.717, 1.165) is 12.1 Å². The summed E-state index contributed by atoms with van der Waals surface area (Å²) in [6.45, 7) is 4.42. The van der Waals surface area contributed by atoms with Gasteiger partial charge in [-0.2, -0.15) is 0 Å². The number of nitrogens with one attached hydrogen (secondary N) is 1. The lowest BCUT2D eigenvalue weighted by atomic mass is 9.96. The van der Waals surface area contributed by atoms with Crippen molar-refractivity contribution in [1.29, 1.82) is 0 Å². The van der Waals surface area contributed by atoms with Crippen LogP contribution in [0.25, 0.3) is 0 Å². The van der Waals surface area contributed by atoms with Gasteiger partial charge in [0.25, 0.3) is 0 Å². The van der Waals surface area contributed by atoms with E-state index in [0.29, 0.717) is 11.7 Å². The van der Waals surface area contributed by atoms with E-state index in [2.05, 4.69) is 43.4 Å². The van der Waals surface area contributed by atoms with Crippen LogP contribution in [0.4, 0.5) is 5.69 Å². The van der Waals surface area contributed by atoms with Gasteiger partial charge in [0.2, 0.25) is 0 Å². The van der Waals surface area contributed by atoms with Gasteiger partial charge in [0.15, 0.2) is 11.5 Å². The third-order valence-electron chi connectivity index (χ3n) is 3.43. The van der Waals surface area contributed by atoms with Crippen molar-refractivity contribution in [2.45, 2.75) is 26.3 Å². The van der Waals surface area contributed by atoms with E-state index >= 15 is 0 Å². The van der Waals surface area contributed by atoms with E-state index in [1.807, 2.05) is 12.1 Å². The van der Waals surface area contributed by atoms with Crippen LogP contribution in [-0.4, -0.2) is 12.2 Å². The Morgan fingerprint density at radius 3 is 2.38 bits per heavy atom. The van der Waals surface area contributed by atoms with Gasteiger partial charge in [-0.05, 0) is 30.0 Å². The standard InChI is InChI=1S/C18H23NO2/c1-13(2)11-16(14-7-5-4-6-8-14)19-15-9-10-18(21-3)17(20)12-15/h4-10,12-13,16,19-20H,11H2,1-3H3. The average Bonchev–Trinajstić information content (AvgIpc) is 2.47. The summed E-state index contributed by atoms with van der Waals surface area (Å²) in [5.41, 5.74) is 2.14. The fraction of sp³-hybridized carbons (Fsp3) is 0.333. The molecule has 1 atom stereocenters. The molecule has 112 valence electrons. The van der Waals surface area contributed by atoms with Crippen LogP contribution in [0.15, 0.2) is 48.5 Å². The number of benzene rings is 2. The molecular formula is C18H23NO2. The maximum Gasteiger partial charge on any atom is 0.160 e. The molecule has 0 bridgehead atoms. The molecule has 1 unspecified atom stereocenters. The minimum atomic E-state index is 0.152. The maximum atomic E-state index is 9.89. The minimum Gasteiger partial charge on any atom is -0.504 e. The fourth-order valence-electron chi connectivity index (χ4n) is 2.42. The Labute approximate surface area is 126 Å². The summed E-state index contributed by atoms with van der Waals surface area (Å²) in [6.07, 6.45) is 1.02. The van der Waals surface area contributed by atoms with Crippen molar-refractivity contribution in [2.24, 2.45) is 5.92 Å². The minimum absolute atomic E-state index is 0.152. The molecular weight excluding hydrogens is 262 g/mol. The lowest BCUT2D eigenvalue weighted by molar-refractivity contribution is 0.373. The first-order valence-electron chi connectivity index (χ1n) is 7.28. The molecule has 0 radical (unpaired) electrons. The van der Waals surface area contributed by atoms with Crippen molar-refractivity contribution >= 4 is 5.69 Å². The summed E-state index contributed by atoms with van der Waals surface area (Å²) in [6, 6.07) is 16.0. The zero-order valence-corrected chi connectivity index (χ0v) is 12.8. The number of phenols is 1. The topological polar surface area (TPSA) is 41.5 Å². The third kappa shape index (κ3) is 4.15.